The molecule has 7 nitrogen and oxygen atoms in total. The molecular formula is C25H18ClN5O2. The standard InChI is InChI=1S/C25H18ClN5O2/c1-15-23-20(17(14-32-23)11-19-3-2-9-28-19)12-21(26)24(15)33-22-8-10-29-25(31-22)30-18-6-4-16(13-27)5-7-18/h2-10,12,14,28H,11H2,1H3,(H,29,30,31). The summed E-state index contributed by atoms with van der Waals surface area (Å²) in [6.45, 7) is 1.91. The fraction of sp³-hybridized carbons (Fsp3) is 0.0800. The Morgan fingerprint density at radius 1 is 1.21 bits per heavy atom. The second-order valence-corrected chi connectivity index (χ2v) is 7.86. The van der Waals surface area contributed by atoms with Gasteiger partial charge >= 0.3 is 0 Å². The van der Waals surface area contributed by atoms with Crippen molar-refractivity contribution in [3.8, 4) is 17.7 Å². The van der Waals surface area contributed by atoms with E-state index >= 15 is 0 Å². The number of hydrogen-bond donors (Lipinski definition) is 2. The average Bonchev–Trinajstić information content (AvgIpc) is 3.48. The number of ether oxygens (including phenoxy) is 1. The first-order chi connectivity index (χ1) is 16.1. The molecule has 0 saturated carbocycles. The van der Waals surface area contributed by atoms with Crippen molar-refractivity contribution in [2.24, 2.45) is 0 Å². The van der Waals surface area contributed by atoms with Crippen molar-refractivity contribution in [2.45, 2.75) is 13.3 Å². The molecule has 162 valence electrons. The summed E-state index contributed by atoms with van der Waals surface area (Å²) in [5.74, 6) is 1.18. The summed E-state index contributed by atoms with van der Waals surface area (Å²) in [5, 5.41) is 13.4. The summed E-state index contributed by atoms with van der Waals surface area (Å²) < 4.78 is 11.9. The third-order valence-electron chi connectivity index (χ3n) is 5.23. The number of nitrogens with one attached hydrogen (secondary N) is 2. The number of aromatic nitrogens is 3. The number of anilines is 2. The maximum atomic E-state index is 8.93. The molecular weight excluding hydrogens is 438 g/mol. The van der Waals surface area contributed by atoms with Crippen molar-refractivity contribution in [3.63, 3.8) is 0 Å². The van der Waals surface area contributed by atoms with E-state index in [0.29, 0.717) is 34.6 Å². The maximum Gasteiger partial charge on any atom is 0.230 e. The van der Waals surface area contributed by atoms with Gasteiger partial charge in [0.1, 0.15) is 5.58 Å². The highest BCUT2D eigenvalue weighted by molar-refractivity contribution is 6.33. The molecule has 0 aliphatic rings. The topological polar surface area (TPSA) is 99.8 Å². The Morgan fingerprint density at radius 2 is 2.06 bits per heavy atom. The number of furan rings is 1. The average molecular weight is 456 g/mol. The summed E-state index contributed by atoms with van der Waals surface area (Å²) in [4.78, 5) is 11.9. The number of nitrogens with zero attached hydrogens (tertiary/aromatic N) is 3. The van der Waals surface area contributed by atoms with Crippen LogP contribution in [0, 0.1) is 18.3 Å². The van der Waals surface area contributed by atoms with E-state index in [4.69, 9.17) is 26.0 Å². The lowest BCUT2D eigenvalue weighted by molar-refractivity contribution is 0.458. The lowest BCUT2D eigenvalue weighted by Crippen LogP contribution is -1.99. The number of rotatable bonds is 6. The van der Waals surface area contributed by atoms with Crippen molar-refractivity contribution >= 4 is 34.2 Å². The highest BCUT2D eigenvalue weighted by Crippen LogP contribution is 2.39. The van der Waals surface area contributed by atoms with Crippen LogP contribution >= 0.6 is 11.6 Å². The van der Waals surface area contributed by atoms with Gasteiger partial charge in [-0.3, -0.25) is 0 Å². The van der Waals surface area contributed by atoms with Gasteiger partial charge in [0.15, 0.2) is 5.75 Å². The van der Waals surface area contributed by atoms with E-state index in [2.05, 4.69) is 26.3 Å². The van der Waals surface area contributed by atoms with Crippen LogP contribution in [-0.2, 0) is 6.42 Å². The Labute approximate surface area is 194 Å². The molecule has 3 heterocycles. The number of fused-ring (bicyclic) bond motifs is 1. The molecule has 0 aliphatic heterocycles. The summed E-state index contributed by atoms with van der Waals surface area (Å²) in [5.41, 5.74) is 4.98. The molecule has 0 unspecified atom stereocenters. The Bertz CT molecular complexity index is 1470. The monoisotopic (exact) mass is 455 g/mol. The predicted octanol–water partition coefficient (Wildman–Crippen LogP) is 6.51. The number of aryl methyl sites for hydroxylation is 1. The quantitative estimate of drug-likeness (QED) is 0.302. The van der Waals surface area contributed by atoms with Crippen LogP contribution in [0.15, 0.2) is 71.6 Å². The van der Waals surface area contributed by atoms with E-state index in [-0.39, 0.29) is 0 Å². The van der Waals surface area contributed by atoms with E-state index in [1.807, 2.05) is 31.3 Å². The number of hydrogen-bond acceptors (Lipinski definition) is 6. The molecule has 2 N–H and O–H groups in total. The first kappa shape index (κ1) is 20.6. The van der Waals surface area contributed by atoms with Crippen LogP contribution in [0.25, 0.3) is 11.0 Å². The SMILES string of the molecule is Cc1c(Oc2ccnc(Nc3ccc(C#N)cc3)n2)c(Cl)cc2c(Cc3ccc[nH]3)coc12. The van der Waals surface area contributed by atoms with Crippen molar-refractivity contribution < 1.29 is 9.15 Å². The number of nitriles is 1. The fourth-order valence-corrected chi connectivity index (χ4v) is 3.88. The van der Waals surface area contributed by atoms with E-state index in [9.17, 15) is 0 Å². The van der Waals surface area contributed by atoms with Crippen LogP contribution in [-0.4, -0.2) is 15.0 Å². The van der Waals surface area contributed by atoms with Crippen molar-refractivity contribution in [2.75, 3.05) is 5.32 Å². The second kappa shape index (κ2) is 8.69. The van der Waals surface area contributed by atoms with Crippen molar-refractivity contribution in [1.29, 1.82) is 5.26 Å². The molecule has 0 amide bonds. The molecule has 5 rings (SSSR count). The largest absolute Gasteiger partial charge is 0.464 e. The third kappa shape index (κ3) is 4.25. The Morgan fingerprint density at radius 3 is 2.82 bits per heavy atom. The summed E-state index contributed by atoms with van der Waals surface area (Å²) >= 11 is 6.61. The minimum absolute atomic E-state index is 0.337. The van der Waals surface area contributed by atoms with Gasteiger partial charge in [0, 0.05) is 52.8 Å². The third-order valence-corrected chi connectivity index (χ3v) is 5.51. The summed E-state index contributed by atoms with van der Waals surface area (Å²) in [6, 6.07) is 16.6. The molecule has 5 aromatic rings. The van der Waals surface area contributed by atoms with E-state index in [1.54, 1.807) is 42.8 Å². The maximum absolute atomic E-state index is 8.93. The van der Waals surface area contributed by atoms with Gasteiger partial charge in [-0.15, -0.1) is 0 Å². The number of aromatic amines is 1. The predicted molar refractivity (Wildman–Crippen MR) is 126 cm³/mol. The molecule has 0 atom stereocenters. The normalized spacial score (nSPS) is 10.8. The molecule has 0 saturated heterocycles. The lowest BCUT2D eigenvalue weighted by Gasteiger charge is -2.12. The van der Waals surface area contributed by atoms with Crippen molar-refractivity contribution in [1.82, 2.24) is 15.0 Å². The highest BCUT2D eigenvalue weighted by atomic mass is 35.5. The Balaban J connectivity index is 1.40. The first-order valence-corrected chi connectivity index (χ1v) is 10.6. The lowest BCUT2D eigenvalue weighted by atomic mass is 10.1. The Kier molecular flexibility index (Phi) is 5.43. The second-order valence-electron chi connectivity index (χ2n) is 7.46. The van der Waals surface area contributed by atoms with Crippen molar-refractivity contribution in [3.05, 3.63) is 94.6 Å². The van der Waals surface area contributed by atoms with Gasteiger partial charge in [-0.05, 0) is 49.4 Å². The van der Waals surface area contributed by atoms with E-state index in [0.717, 1.165) is 33.5 Å². The minimum Gasteiger partial charge on any atom is -0.464 e. The van der Waals surface area contributed by atoms with Gasteiger partial charge in [0.25, 0.3) is 0 Å². The summed E-state index contributed by atoms with van der Waals surface area (Å²) in [6.07, 6.45) is 5.96. The molecule has 0 fully saturated rings. The number of H-pyrrole nitrogens is 1. The van der Waals surface area contributed by atoms with Crippen LogP contribution in [0.5, 0.6) is 11.6 Å². The molecule has 0 aliphatic carbocycles. The van der Waals surface area contributed by atoms with Gasteiger partial charge in [0.05, 0.1) is 22.9 Å². The Hall–Kier alpha value is -4.28. The zero-order valence-electron chi connectivity index (χ0n) is 17.6. The molecule has 0 spiro atoms. The van der Waals surface area contributed by atoms with Crippen LogP contribution in [0.4, 0.5) is 11.6 Å². The number of benzene rings is 2. The highest BCUT2D eigenvalue weighted by Gasteiger charge is 2.18. The molecule has 33 heavy (non-hydrogen) atoms. The van der Waals surface area contributed by atoms with Gasteiger partial charge < -0.3 is 19.5 Å². The van der Waals surface area contributed by atoms with Gasteiger partial charge in [-0.1, -0.05) is 11.6 Å². The van der Waals surface area contributed by atoms with Gasteiger partial charge in [0.2, 0.25) is 11.8 Å². The molecule has 8 heteroatoms. The first-order valence-electron chi connectivity index (χ1n) is 10.2. The van der Waals surface area contributed by atoms with Crippen LogP contribution in [0.1, 0.15) is 22.4 Å². The van der Waals surface area contributed by atoms with Crippen LogP contribution in [0.2, 0.25) is 5.02 Å². The van der Waals surface area contributed by atoms with Crippen LogP contribution < -0.4 is 10.1 Å². The molecule has 3 aromatic heterocycles. The van der Waals surface area contributed by atoms with Gasteiger partial charge in [-0.2, -0.15) is 10.2 Å². The van der Waals surface area contributed by atoms with Crippen LogP contribution in [0.3, 0.4) is 0 Å². The molecule has 0 radical (unpaired) electrons. The zero-order valence-corrected chi connectivity index (χ0v) is 18.3. The van der Waals surface area contributed by atoms with E-state index in [1.165, 1.54) is 0 Å². The van der Waals surface area contributed by atoms with Gasteiger partial charge in [-0.25, -0.2) is 4.98 Å². The molecule has 2 aromatic carbocycles. The minimum atomic E-state index is 0.337. The smallest absolute Gasteiger partial charge is 0.230 e. The summed E-state index contributed by atoms with van der Waals surface area (Å²) in [7, 11) is 0. The number of halogens is 1. The molecule has 0 bridgehead atoms. The zero-order chi connectivity index (χ0) is 22.8. The van der Waals surface area contributed by atoms with E-state index < -0.39 is 0 Å². The fourth-order valence-electron chi connectivity index (χ4n) is 3.59.